The van der Waals surface area contributed by atoms with E-state index in [0.29, 0.717) is 10.9 Å². The molecule has 1 aromatic heterocycles. The van der Waals surface area contributed by atoms with Crippen LogP contribution in [-0.2, 0) is 41.7 Å². The molecule has 1 saturated heterocycles. The summed E-state index contributed by atoms with van der Waals surface area (Å²) >= 11 is 1.25. The van der Waals surface area contributed by atoms with Gasteiger partial charge in [0.1, 0.15) is 0 Å². The van der Waals surface area contributed by atoms with Gasteiger partial charge in [0.25, 0.3) is 5.91 Å². The molecule has 0 N–H and O–H groups in total. The van der Waals surface area contributed by atoms with Gasteiger partial charge in [-0.3, -0.25) is 19.3 Å². The minimum atomic E-state index is -4.34. The van der Waals surface area contributed by atoms with Gasteiger partial charge >= 0.3 is 17.4 Å². The molecule has 1 fully saturated rings. The van der Waals surface area contributed by atoms with Gasteiger partial charge in [-0.25, -0.2) is 17.9 Å². The molecule has 3 aromatic carbocycles. The quantitative estimate of drug-likeness (QED) is 0.119. The van der Waals surface area contributed by atoms with E-state index in [9.17, 15) is 27.6 Å². The number of ether oxygens (including phenoxy) is 3. The highest BCUT2D eigenvalue weighted by atomic mass is 32.2. The number of carbonyl (C=O) groups is 3. The van der Waals surface area contributed by atoms with Crippen molar-refractivity contribution in [1.82, 2.24) is 19.7 Å². The minimum Gasteiger partial charge on any atom is -0.460 e. The molecule has 0 spiro atoms. The van der Waals surface area contributed by atoms with Gasteiger partial charge in [-0.2, -0.15) is 4.98 Å². The number of benzene rings is 3. The Bertz CT molecular complexity index is 2210. The first-order valence-electron chi connectivity index (χ1n) is 16.6. The first kappa shape index (κ1) is 37.6. The van der Waals surface area contributed by atoms with Gasteiger partial charge in [-0.1, -0.05) is 105 Å². The number of amides is 1. The number of sulfone groups is 1. The number of thioether (sulfide) groups is 1. The summed E-state index contributed by atoms with van der Waals surface area (Å²) in [5.41, 5.74) is -1.01. The van der Waals surface area contributed by atoms with Gasteiger partial charge in [-0.05, 0) is 35.7 Å². The van der Waals surface area contributed by atoms with Gasteiger partial charge in [0.15, 0.2) is 28.5 Å². The molecule has 2 aliphatic rings. The number of fused-ring (bicyclic) bond motifs is 1. The van der Waals surface area contributed by atoms with Gasteiger partial charge in [0.2, 0.25) is 15.3 Å². The van der Waals surface area contributed by atoms with Crippen LogP contribution < -0.4 is 10.3 Å². The summed E-state index contributed by atoms with van der Waals surface area (Å²) in [7, 11) is -1.48. The SMILES string of the molecule is CO[C@H]1C(=O)N2C(C(=O)C(C)(C)C)=C(C)C(OC(=O)c3ccc(CSc4nc(=O)c(OC(c5ccccc5)c5ccccc5)nn4C)cc3)S(=O)(=O)[C@H]12. The molecule has 4 aromatic rings. The average molecular weight is 759 g/mol. The van der Waals surface area contributed by atoms with E-state index in [1.807, 2.05) is 60.7 Å². The topological polar surface area (TPSA) is 164 Å². The first-order chi connectivity index (χ1) is 25.1. The van der Waals surface area contributed by atoms with Crippen molar-refractivity contribution in [2.24, 2.45) is 12.5 Å². The van der Waals surface area contributed by atoms with Crippen molar-refractivity contribution >= 4 is 39.3 Å². The lowest BCUT2D eigenvalue weighted by Gasteiger charge is -2.50. The molecule has 6 rings (SSSR count). The molecule has 15 heteroatoms. The van der Waals surface area contributed by atoms with Crippen molar-refractivity contribution < 1.29 is 37.0 Å². The fraction of sp³-hybridized carbons (Fsp3) is 0.316. The summed E-state index contributed by atoms with van der Waals surface area (Å²) in [5.74, 6) is -1.84. The largest absolute Gasteiger partial charge is 0.460 e. The zero-order valence-corrected chi connectivity index (χ0v) is 31.5. The molecule has 0 bridgehead atoms. The molecule has 1 unspecified atom stereocenters. The summed E-state index contributed by atoms with van der Waals surface area (Å²) in [4.78, 5) is 57.8. The summed E-state index contributed by atoms with van der Waals surface area (Å²) < 4.78 is 45.7. The lowest BCUT2D eigenvalue weighted by Crippen LogP contribution is -2.72. The zero-order valence-electron chi connectivity index (χ0n) is 29.9. The second-order valence-electron chi connectivity index (χ2n) is 13.6. The van der Waals surface area contributed by atoms with Crippen molar-refractivity contribution in [2.45, 2.75) is 61.6 Å². The van der Waals surface area contributed by atoms with Crippen molar-refractivity contribution in [3.63, 3.8) is 0 Å². The Morgan fingerprint density at radius 3 is 2.06 bits per heavy atom. The molecule has 53 heavy (non-hydrogen) atoms. The highest BCUT2D eigenvalue weighted by Gasteiger charge is 2.64. The third kappa shape index (κ3) is 7.28. The fourth-order valence-corrected chi connectivity index (χ4v) is 9.08. The zero-order chi connectivity index (χ0) is 38.2. The van der Waals surface area contributed by atoms with Crippen molar-refractivity contribution in [2.75, 3.05) is 7.11 Å². The smallest absolute Gasteiger partial charge is 0.339 e. The Kier molecular flexibility index (Phi) is 10.5. The molecular weight excluding hydrogens is 721 g/mol. The maximum absolute atomic E-state index is 13.7. The predicted octanol–water partition coefficient (Wildman–Crippen LogP) is 4.62. The second-order valence-corrected chi connectivity index (χ2v) is 16.7. The van der Waals surface area contributed by atoms with E-state index < -0.39 is 61.5 Å². The third-order valence-corrected chi connectivity index (χ3v) is 12.1. The molecule has 2 aliphatic heterocycles. The minimum absolute atomic E-state index is 0.0516. The van der Waals surface area contributed by atoms with E-state index in [0.717, 1.165) is 21.6 Å². The van der Waals surface area contributed by atoms with Gasteiger partial charge in [0.05, 0.1) is 11.3 Å². The Balaban J connectivity index is 1.16. The Morgan fingerprint density at radius 2 is 1.51 bits per heavy atom. The van der Waals surface area contributed by atoms with Crippen molar-refractivity contribution in [1.29, 1.82) is 0 Å². The number of esters is 1. The van der Waals surface area contributed by atoms with Crippen LogP contribution in [0.4, 0.5) is 0 Å². The Morgan fingerprint density at radius 1 is 0.925 bits per heavy atom. The number of ketones is 1. The maximum Gasteiger partial charge on any atom is 0.339 e. The van der Waals surface area contributed by atoms with Crippen LogP contribution in [0.1, 0.15) is 60.8 Å². The van der Waals surface area contributed by atoms with E-state index in [4.69, 9.17) is 14.2 Å². The van der Waals surface area contributed by atoms with E-state index in [1.165, 1.54) is 42.6 Å². The predicted molar refractivity (Wildman–Crippen MR) is 195 cm³/mol. The van der Waals surface area contributed by atoms with Crippen LogP contribution in [0.2, 0.25) is 0 Å². The van der Waals surface area contributed by atoms with Gasteiger partial charge < -0.3 is 14.2 Å². The lowest BCUT2D eigenvalue weighted by molar-refractivity contribution is -0.161. The number of allylic oxidation sites excluding steroid dienone is 1. The van der Waals surface area contributed by atoms with Crippen LogP contribution in [0.25, 0.3) is 0 Å². The molecule has 0 aliphatic carbocycles. The number of hydrogen-bond donors (Lipinski definition) is 0. The standard InChI is InChI=1S/C38H38N4O9S2/c1-22-27(30(43)38(2,3)4)42-33(45)29(49-6)34(42)53(47,48)36(22)51-35(46)26-19-17-23(18-20-26)21-52-37-39-31(44)32(40-41(37)5)50-28(24-13-9-7-10-14-24)25-15-11-8-12-16-25/h7-20,28-29,34,36H,21H2,1-6H3/t29-,34+,36?/m0/s1. The van der Waals surface area contributed by atoms with E-state index in [2.05, 4.69) is 10.1 Å². The van der Waals surface area contributed by atoms with Crippen LogP contribution in [-0.4, -0.2) is 69.8 Å². The van der Waals surface area contributed by atoms with Crippen LogP contribution in [0.5, 0.6) is 5.88 Å². The number of carbonyl (C=O) groups excluding carboxylic acids is 3. The van der Waals surface area contributed by atoms with Crippen LogP contribution in [0.3, 0.4) is 0 Å². The second kappa shape index (κ2) is 14.7. The monoisotopic (exact) mass is 758 g/mol. The average Bonchev–Trinajstić information content (AvgIpc) is 3.13. The van der Waals surface area contributed by atoms with E-state index in [-0.39, 0.29) is 22.7 Å². The molecule has 0 saturated carbocycles. The van der Waals surface area contributed by atoms with Crippen LogP contribution in [0.15, 0.2) is 106 Å². The van der Waals surface area contributed by atoms with Crippen molar-refractivity contribution in [3.05, 3.63) is 129 Å². The Hall–Kier alpha value is -5.12. The first-order valence-corrected chi connectivity index (χ1v) is 19.2. The molecule has 1 amide bonds. The summed E-state index contributed by atoms with van der Waals surface area (Å²) in [6.45, 7) is 6.32. The summed E-state index contributed by atoms with van der Waals surface area (Å²) in [5, 5.41) is 3.21. The number of aryl methyl sites for hydroxylation is 1. The Labute approximate surface area is 310 Å². The number of methoxy groups -OCH3 is 1. The number of hydrogen-bond acceptors (Lipinski definition) is 12. The molecule has 0 radical (unpaired) electrons. The van der Waals surface area contributed by atoms with Gasteiger partial charge in [0, 0.05) is 30.9 Å². The van der Waals surface area contributed by atoms with Crippen molar-refractivity contribution in [3.8, 4) is 5.88 Å². The van der Waals surface area contributed by atoms with Crippen LogP contribution in [0, 0.1) is 5.41 Å². The van der Waals surface area contributed by atoms with Gasteiger partial charge in [-0.15, -0.1) is 5.10 Å². The number of aromatic nitrogens is 3. The summed E-state index contributed by atoms with van der Waals surface area (Å²) in [6, 6.07) is 25.3. The number of rotatable bonds is 11. The highest BCUT2D eigenvalue weighted by molar-refractivity contribution is 7.98. The number of β-lactam (4-membered cyclic amide) rings is 1. The van der Waals surface area contributed by atoms with E-state index in [1.54, 1.807) is 40.0 Å². The molecule has 13 nitrogen and oxygen atoms in total. The third-order valence-electron chi connectivity index (χ3n) is 8.85. The normalized spacial score (nSPS) is 19.4. The molecule has 3 heterocycles. The lowest BCUT2D eigenvalue weighted by atomic mass is 9.85. The van der Waals surface area contributed by atoms with E-state index >= 15 is 0 Å². The molecular formula is C38H38N4O9S2. The fourth-order valence-electron chi connectivity index (χ4n) is 6.06. The maximum atomic E-state index is 13.7. The molecule has 276 valence electrons. The number of Topliss-reactive ketones (excluding diaryl/α,β-unsaturated/α-hetero) is 1. The van der Waals surface area contributed by atoms with Crippen LogP contribution >= 0.6 is 11.8 Å². The highest BCUT2D eigenvalue weighted by Crippen LogP contribution is 2.43. The number of nitrogens with zero attached hydrogens (tertiary/aromatic N) is 4. The summed E-state index contributed by atoms with van der Waals surface area (Å²) in [6.07, 6.45) is -1.91. The molecule has 3 atom stereocenters.